The van der Waals surface area contributed by atoms with Crippen LogP contribution in [0.1, 0.15) is 41.9 Å². The number of amides is 1. The van der Waals surface area contributed by atoms with Gasteiger partial charge in [-0.25, -0.2) is 13.2 Å². The SMILES string of the molecule is CCN(C(=O)[C@H](C)OC(=O)c1ccc2[nH]c(C)c(C)c2c1)[C@@H]1CCS(=O)(=O)C1. The number of rotatable bonds is 5. The van der Waals surface area contributed by atoms with Crippen molar-refractivity contribution in [3.8, 4) is 0 Å². The van der Waals surface area contributed by atoms with Crippen molar-refractivity contribution in [2.75, 3.05) is 18.1 Å². The number of aromatic amines is 1. The van der Waals surface area contributed by atoms with E-state index < -0.39 is 21.9 Å². The minimum absolute atomic E-state index is 0.0317. The summed E-state index contributed by atoms with van der Waals surface area (Å²) in [5.41, 5.74) is 3.42. The molecule has 2 atom stereocenters. The zero-order valence-electron chi connectivity index (χ0n) is 16.6. The van der Waals surface area contributed by atoms with Crippen LogP contribution in [-0.4, -0.2) is 60.4 Å². The number of carbonyl (C=O) groups is 2. The molecule has 0 bridgehead atoms. The fraction of sp³-hybridized carbons (Fsp3) is 0.500. The van der Waals surface area contributed by atoms with Crippen LogP contribution in [-0.2, 0) is 19.4 Å². The second-order valence-corrected chi connectivity index (χ2v) is 9.59. The first kappa shape index (κ1) is 20.4. The minimum Gasteiger partial charge on any atom is -0.449 e. The molecule has 1 saturated heterocycles. The summed E-state index contributed by atoms with van der Waals surface area (Å²) in [6.45, 7) is 7.63. The predicted molar refractivity (Wildman–Crippen MR) is 107 cm³/mol. The largest absolute Gasteiger partial charge is 0.449 e. The molecule has 3 rings (SSSR count). The number of sulfone groups is 1. The van der Waals surface area contributed by atoms with Crippen LogP contribution in [0.25, 0.3) is 10.9 Å². The summed E-state index contributed by atoms with van der Waals surface area (Å²) >= 11 is 0. The van der Waals surface area contributed by atoms with Gasteiger partial charge in [-0.15, -0.1) is 0 Å². The molecule has 1 aliphatic rings. The van der Waals surface area contributed by atoms with Crippen molar-refractivity contribution in [1.82, 2.24) is 9.88 Å². The molecule has 1 N–H and O–H groups in total. The number of nitrogens with zero attached hydrogens (tertiary/aromatic N) is 1. The van der Waals surface area contributed by atoms with E-state index in [1.54, 1.807) is 19.1 Å². The molecule has 1 aliphatic heterocycles. The monoisotopic (exact) mass is 406 g/mol. The Morgan fingerprint density at radius 3 is 2.64 bits per heavy atom. The van der Waals surface area contributed by atoms with Crippen LogP contribution in [0.15, 0.2) is 18.2 Å². The zero-order valence-corrected chi connectivity index (χ0v) is 17.4. The molecule has 2 heterocycles. The summed E-state index contributed by atoms with van der Waals surface area (Å²) in [7, 11) is -3.10. The van der Waals surface area contributed by atoms with E-state index >= 15 is 0 Å². The molecule has 1 aromatic carbocycles. The molecule has 28 heavy (non-hydrogen) atoms. The van der Waals surface area contributed by atoms with Crippen LogP contribution in [0.5, 0.6) is 0 Å². The molecule has 8 heteroatoms. The number of hydrogen-bond acceptors (Lipinski definition) is 5. The number of aryl methyl sites for hydroxylation is 2. The molecule has 0 aliphatic carbocycles. The Morgan fingerprint density at radius 1 is 1.32 bits per heavy atom. The van der Waals surface area contributed by atoms with Crippen molar-refractivity contribution in [2.45, 2.75) is 46.3 Å². The quantitative estimate of drug-likeness (QED) is 0.769. The van der Waals surface area contributed by atoms with E-state index in [1.807, 2.05) is 19.9 Å². The van der Waals surface area contributed by atoms with Crippen LogP contribution in [0.3, 0.4) is 0 Å². The van der Waals surface area contributed by atoms with Crippen molar-refractivity contribution in [1.29, 1.82) is 0 Å². The lowest BCUT2D eigenvalue weighted by atomic mass is 10.1. The van der Waals surface area contributed by atoms with Gasteiger partial charge in [-0.05, 0) is 57.9 Å². The molecule has 152 valence electrons. The average Bonchev–Trinajstić information content (AvgIpc) is 3.14. The van der Waals surface area contributed by atoms with Crippen molar-refractivity contribution in [3.05, 3.63) is 35.0 Å². The van der Waals surface area contributed by atoms with Crippen molar-refractivity contribution < 1.29 is 22.7 Å². The number of benzene rings is 1. The average molecular weight is 407 g/mol. The van der Waals surface area contributed by atoms with Gasteiger partial charge < -0.3 is 14.6 Å². The maximum atomic E-state index is 12.8. The maximum absolute atomic E-state index is 12.8. The molecule has 2 aromatic rings. The first-order valence-electron chi connectivity index (χ1n) is 9.43. The maximum Gasteiger partial charge on any atom is 0.338 e. The Bertz CT molecular complexity index is 1020. The zero-order chi connectivity index (χ0) is 20.6. The fourth-order valence-electron chi connectivity index (χ4n) is 3.72. The smallest absolute Gasteiger partial charge is 0.338 e. The van der Waals surface area contributed by atoms with Crippen molar-refractivity contribution >= 4 is 32.6 Å². The van der Waals surface area contributed by atoms with Gasteiger partial charge in [0.25, 0.3) is 5.91 Å². The van der Waals surface area contributed by atoms with Gasteiger partial charge in [0.15, 0.2) is 15.9 Å². The lowest BCUT2D eigenvalue weighted by Crippen LogP contribution is -2.46. The second-order valence-electron chi connectivity index (χ2n) is 7.36. The number of carbonyl (C=O) groups excluding carboxylic acids is 2. The number of fused-ring (bicyclic) bond motifs is 1. The van der Waals surface area contributed by atoms with Gasteiger partial charge in [0.05, 0.1) is 17.1 Å². The van der Waals surface area contributed by atoms with Gasteiger partial charge in [0.2, 0.25) is 0 Å². The van der Waals surface area contributed by atoms with E-state index in [2.05, 4.69) is 4.98 Å². The summed E-state index contributed by atoms with van der Waals surface area (Å²) in [5.74, 6) is -0.884. The number of likely N-dealkylation sites (N-methyl/N-ethyl adjacent to an activating group) is 1. The summed E-state index contributed by atoms with van der Waals surface area (Å²) in [6.07, 6.45) is -0.564. The van der Waals surface area contributed by atoms with Crippen LogP contribution >= 0.6 is 0 Å². The number of H-pyrrole nitrogens is 1. The van der Waals surface area contributed by atoms with Gasteiger partial charge in [-0.1, -0.05) is 0 Å². The molecule has 7 nitrogen and oxygen atoms in total. The van der Waals surface area contributed by atoms with Crippen LogP contribution in [0.2, 0.25) is 0 Å². The third-order valence-corrected chi connectivity index (χ3v) is 7.20. The molecule has 1 fully saturated rings. The van der Waals surface area contributed by atoms with Gasteiger partial charge in [0, 0.05) is 29.2 Å². The normalized spacial score (nSPS) is 19.5. The molecule has 0 spiro atoms. The predicted octanol–water partition coefficient (Wildman–Crippen LogP) is 2.37. The molecule has 1 amide bonds. The second kappa shape index (κ2) is 7.58. The first-order valence-corrected chi connectivity index (χ1v) is 11.3. The van der Waals surface area contributed by atoms with Crippen LogP contribution in [0.4, 0.5) is 0 Å². The molecule has 1 aromatic heterocycles. The Hall–Kier alpha value is -2.35. The minimum atomic E-state index is -3.10. The van der Waals surface area contributed by atoms with Crippen molar-refractivity contribution in [3.63, 3.8) is 0 Å². The first-order chi connectivity index (χ1) is 13.1. The fourth-order valence-corrected chi connectivity index (χ4v) is 5.45. The summed E-state index contributed by atoms with van der Waals surface area (Å²) in [6, 6.07) is 4.89. The lowest BCUT2D eigenvalue weighted by Gasteiger charge is -2.29. The molecule has 0 radical (unpaired) electrons. The summed E-state index contributed by atoms with van der Waals surface area (Å²) < 4.78 is 28.9. The number of aromatic nitrogens is 1. The third kappa shape index (κ3) is 3.92. The van der Waals surface area contributed by atoms with E-state index in [-0.39, 0.29) is 23.5 Å². The van der Waals surface area contributed by atoms with Gasteiger partial charge in [-0.3, -0.25) is 4.79 Å². The summed E-state index contributed by atoms with van der Waals surface area (Å²) in [5, 5.41) is 0.942. The van der Waals surface area contributed by atoms with Gasteiger partial charge in [0.1, 0.15) is 0 Å². The number of ether oxygens (including phenoxy) is 1. The number of esters is 1. The molecule has 0 saturated carbocycles. The Morgan fingerprint density at radius 2 is 2.04 bits per heavy atom. The van der Waals surface area contributed by atoms with Gasteiger partial charge >= 0.3 is 5.97 Å². The molecule has 0 unspecified atom stereocenters. The lowest BCUT2D eigenvalue weighted by molar-refractivity contribution is -0.141. The van der Waals surface area contributed by atoms with Crippen LogP contribution in [0, 0.1) is 13.8 Å². The van der Waals surface area contributed by atoms with E-state index in [1.165, 1.54) is 11.8 Å². The highest BCUT2D eigenvalue weighted by molar-refractivity contribution is 7.91. The number of hydrogen-bond donors (Lipinski definition) is 1. The Kier molecular flexibility index (Phi) is 5.52. The van der Waals surface area contributed by atoms with Crippen molar-refractivity contribution in [2.24, 2.45) is 0 Å². The number of nitrogens with one attached hydrogen (secondary N) is 1. The van der Waals surface area contributed by atoms with E-state index in [4.69, 9.17) is 4.74 Å². The standard InChI is InChI=1S/C20H26N2O5S/c1-5-22(16-8-9-28(25,26)11-16)19(23)14(4)27-20(24)15-6-7-18-17(10-15)12(2)13(3)21-18/h6-7,10,14,16,21H,5,8-9,11H2,1-4H3/t14-,16+/m0/s1. The van der Waals surface area contributed by atoms with Crippen LogP contribution < -0.4 is 0 Å². The van der Waals surface area contributed by atoms with E-state index in [0.29, 0.717) is 18.5 Å². The Labute approximate surface area is 165 Å². The highest BCUT2D eigenvalue weighted by Crippen LogP contribution is 2.23. The molecular formula is C20H26N2O5S. The highest BCUT2D eigenvalue weighted by atomic mass is 32.2. The van der Waals surface area contributed by atoms with E-state index in [0.717, 1.165) is 22.2 Å². The summed E-state index contributed by atoms with van der Waals surface area (Å²) in [4.78, 5) is 30.1. The van der Waals surface area contributed by atoms with Gasteiger partial charge in [-0.2, -0.15) is 0 Å². The topological polar surface area (TPSA) is 96.5 Å². The van der Waals surface area contributed by atoms with E-state index in [9.17, 15) is 18.0 Å². The highest BCUT2D eigenvalue weighted by Gasteiger charge is 2.36. The molecular weight excluding hydrogens is 380 g/mol. The Balaban J connectivity index is 1.72. The third-order valence-electron chi connectivity index (χ3n) is 5.45.